The summed E-state index contributed by atoms with van der Waals surface area (Å²) in [6.45, 7) is 1.79. The van der Waals surface area contributed by atoms with Gasteiger partial charge in [-0.15, -0.1) is 0 Å². The molecule has 11 nitrogen and oxygen atoms in total. The molecule has 12 heteroatoms. The Kier molecular flexibility index (Phi) is 5.15. The van der Waals surface area contributed by atoms with Gasteiger partial charge < -0.3 is 18.7 Å². The third-order valence-corrected chi connectivity index (χ3v) is 7.65. The van der Waals surface area contributed by atoms with Crippen LogP contribution in [0.5, 0.6) is 17.2 Å². The Bertz CT molecular complexity index is 1430. The van der Waals surface area contributed by atoms with Crippen LogP contribution in [-0.4, -0.2) is 37.9 Å². The van der Waals surface area contributed by atoms with Gasteiger partial charge in [-0.05, 0) is 49.1 Å². The van der Waals surface area contributed by atoms with E-state index in [2.05, 4.69) is 14.9 Å². The highest BCUT2D eigenvalue weighted by Crippen LogP contribution is 2.40. The van der Waals surface area contributed by atoms with Crippen molar-refractivity contribution >= 4 is 21.6 Å². The van der Waals surface area contributed by atoms with E-state index in [-0.39, 0.29) is 37.3 Å². The van der Waals surface area contributed by atoms with Crippen LogP contribution >= 0.6 is 0 Å². The maximum absolute atomic E-state index is 13.1. The maximum atomic E-state index is 13.1. The van der Waals surface area contributed by atoms with Crippen molar-refractivity contribution in [1.82, 2.24) is 14.9 Å². The number of carbonyl (C=O) groups is 1. The molecule has 2 aromatic carbocycles. The number of rotatable bonds is 7. The van der Waals surface area contributed by atoms with Crippen LogP contribution in [-0.2, 0) is 27.9 Å². The number of hydrogen-bond acceptors (Lipinski definition) is 9. The number of fused-ring (bicyclic) bond motifs is 2. The van der Waals surface area contributed by atoms with Crippen molar-refractivity contribution in [3.05, 3.63) is 53.2 Å². The van der Waals surface area contributed by atoms with E-state index in [4.69, 9.17) is 18.7 Å². The highest BCUT2D eigenvalue weighted by Gasteiger charge is 2.32. The van der Waals surface area contributed by atoms with Crippen molar-refractivity contribution in [1.29, 1.82) is 0 Å². The molecule has 3 aliphatic rings. The monoisotopic (exact) mass is 498 g/mol. The summed E-state index contributed by atoms with van der Waals surface area (Å²) in [5.74, 6) is 2.53. The third kappa shape index (κ3) is 4.19. The van der Waals surface area contributed by atoms with Gasteiger partial charge in [0.15, 0.2) is 23.9 Å². The molecule has 1 amide bonds. The average Bonchev–Trinajstić information content (AvgIpc) is 3.40. The summed E-state index contributed by atoms with van der Waals surface area (Å²) in [5.41, 5.74) is 1.66. The van der Waals surface area contributed by atoms with Gasteiger partial charge in [0, 0.05) is 18.5 Å². The number of ether oxygens (including phenoxy) is 3. The second-order valence-corrected chi connectivity index (χ2v) is 10.4. The lowest BCUT2D eigenvalue weighted by atomic mass is 10.1. The van der Waals surface area contributed by atoms with Crippen LogP contribution in [0.25, 0.3) is 0 Å². The van der Waals surface area contributed by atoms with Crippen LogP contribution in [0.2, 0.25) is 0 Å². The van der Waals surface area contributed by atoms with Gasteiger partial charge in [0.2, 0.25) is 22.7 Å². The standard InChI is InChI=1S/C23H22N4O7S/c1-13-6-16-18(31-11-22(28)27(16)10-21-25-23(34-26-21)15-3-4-15)8-20(13)35(29,30)24-9-14-2-5-17-19(7-14)33-12-32-17/h2,5-8,15,24H,3-4,9-12H2,1H3. The Morgan fingerprint density at radius 1 is 1.09 bits per heavy atom. The van der Waals surface area contributed by atoms with E-state index in [0.29, 0.717) is 46.1 Å². The Labute approximate surface area is 201 Å². The topological polar surface area (TPSA) is 133 Å². The Morgan fingerprint density at radius 2 is 1.91 bits per heavy atom. The molecule has 0 atom stereocenters. The van der Waals surface area contributed by atoms with Gasteiger partial charge in [-0.25, -0.2) is 13.1 Å². The Hall–Kier alpha value is -3.64. The fraction of sp³-hybridized carbons (Fsp3) is 0.348. The molecule has 182 valence electrons. The number of carbonyl (C=O) groups excluding carboxylic acids is 1. The summed E-state index contributed by atoms with van der Waals surface area (Å²) < 4.78 is 50.4. The second-order valence-electron chi connectivity index (χ2n) is 8.69. The first kappa shape index (κ1) is 21.9. The molecule has 35 heavy (non-hydrogen) atoms. The van der Waals surface area contributed by atoms with Crippen LogP contribution in [0.1, 0.15) is 41.6 Å². The largest absolute Gasteiger partial charge is 0.482 e. The van der Waals surface area contributed by atoms with Crippen molar-refractivity contribution in [3.8, 4) is 17.2 Å². The molecular formula is C23H22N4O7S. The summed E-state index contributed by atoms with van der Waals surface area (Å²) >= 11 is 0. The van der Waals surface area contributed by atoms with E-state index in [0.717, 1.165) is 18.4 Å². The number of aryl methyl sites for hydroxylation is 1. The molecule has 0 bridgehead atoms. The van der Waals surface area contributed by atoms with Gasteiger partial charge in [0.25, 0.3) is 5.91 Å². The lowest BCUT2D eigenvalue weighted by Gasteiger charge is -2.29. The van der Waals surface area contributed by atoms with E-state index >= 15 is 0 Å². The summed E-state index contributed by atoms with van der Waals surface area (Å²) in [6.07, 6.45) is 2.06. The summed E-state index contributed by atoms with van der Waals surface area (Å²) in [6, 6.07) is 8.33. The van der Waals surface area contributed by atoms with Gasteiger partial charge in [0.1, 0.15) is 5.75 Å². The molecule has 0 radical (unpaired) electrons. The first-order chi connectivity index (χ1) is 16.9. The number of amides is 1. The van der Waals surface area contributed by atoms with Crippen LogP contribution in [0.3, 0.4) is 0 Å². The smallest absolute Gasteiger partial charge is 0.265 e. The molecule has 0 unspecified atom stereocenters. The van der Waals surface area contributed by atoms with Crippen LogP contribution in [0, 0.1) is 6.92 Å². The maximum Gasteiger partial charge on any atom is 0.265 e. The van der Waals surface area contributed by atoms with Gasteiger partial charge in [-0.2, -0.15) is 4.98 Å². The zero-order valence-corrected chi connectivity index (χ0v) is 19.6. The minimum atomic E-state index is -3.87. The third-order valence-electron chi connectivity index (χ3n) is 6.10. The van der Waals surface area contributed by atoms with Gasteiger partial charge >= 0.3 is 0 Å². The molecule has 0 saturated heterocycles. The summed E-state index contributed by atoms with van der Waals surface area (Å²) in [5, 5.41) is 3.99. The Morgan fingerprint density at radius 3 is 2.74 bits per heavy atom. The molecule has 6 rings (SSSR count). The minimum Gasteiger partial charge on any atom is -0.482 e. The molecule has 2 aliphatic heterocycles. The molecule has 0 spiro atoms. The molecule has 1 saturated carbocycles. The van der Waals surface area contributed by atoms with Crippen molar-refractivity contribution in [2.45, 2.75) is 43.7 Å². The predicted octanol–water partition coefficient (Wildman–Crippen LogP) is 2.39. The van der Waals surface area contributed by atoms with Crippen molar-refractivity contribution in [3.63, 3.8) is 0 Å². The number of hydrogen-bond donors (Lipinski definition) is 1. The molecular weight excluding hydrogens is 476 g/mol. The number of sulfonamides is 1. The fourth-order valence-corrected chi connectivity index (χ4v) is 5.33. The molecule has 1 aromatic heterocycles. The molecule has 1 aliphatic carbocycles. The van der Waals surface area contributed by atoms with Gasteiger partial charge in [-0.3, -0.25) is 9.69 Å². The number of benzene rings is 2. The van der Waals surface area contributed by atoms with E-state index < -0.39 is 10.0 Å². The molecule has 3 heterocycles. The van der Waals surface area contributed by atoms with Crippen molar-refractivity contribution in [2.75, 3.05) is 18.3 Å². The van der Waals surface area contributed by atoms with Gasteiger partial charge in [0.05, 0.1) is 17.1 Å². The number of aromatic nitrogens is 2. The van der Waals surface area contributed by atoms with Crippen molar-refractivity contribution in [2.24, 2.45) is 0 Å². The second kappa shape index (κ2) is 8.24. The zero-order chi connectivity index (χ0) is 24.2. The molecule has 1 fully saturated rings. The van der Waals surface area contributed by atoms with Crippen molar-refractivity contribution < 1.29 is 31.9 Å². The average molecular weight is 499 g/mol. The van der Waals surface area contributed by atoms with E-state index in [1.54, 1.807) is 31.2 Å². The minimum absolute atomic E-state index is 0.0712. The van der Waals surface area contributed by atoms with E-state index in [9.17, 15) is 13.2 Å². The lowest BCUT2D eigenvalue weighted by molar-refractivity contribution is -0.121. The highest BCUT2D eigenvalue weighted by molar-refractivity contribution is 7.89. The van der Waals surface area contributed by atoms with Crippen LogP contribution in [0.15, 0.2) is 39.8 Å². The number of nitrogens with zero attached hydrogens (tertiary/aromatic N) is 3. The number of anilines is 1. The quantitative estimate of drug-likeness (QED) is 0.521. The fourth-order valence-electron chi connectivity index (χ4n) is 4.07. The van der Waals surface area contributed by atoms with Crippen LogP contribution in [0.4, 0.5) is 5.69 Å². The summed E-state index contributed by atoms with van der Waals surface area (Å²) in [4.78, 5) is 18.6. The van der Waals surface area contributed by atoms with Crippen LogP contribution < -0.4 is 23.8 Å². The first-order valence-electron chi connectivity index (χ1n) is 11.2. The van der Waals surface area contributed by atoms with E-state index in [1.165, 1.54) is 11.0 Å². The number of nitrogens with one attached hydrogen (secondary N) is 1. The zero-order valence-electron chi connectivity index (χ0n) is 18.8. The lowest BCUT2D eigenvalue weighted by Crippen LogP contribution is -2.38. The van der Waals surface area contributed by atoms with Gasteiger partial charge in [-0.1, -0.05) is 11.2 Å². The molecule has 3 aromatic rings. The highest BCUT2D eigenvalue weighted by atomic mass is 32.2. The summed E-state index contributed by atoms with van der Waals surface area (Å²) in [7, 11) is -3.87. The molecule has 1 N–H and O–H groups in total. The normalized spacial score (nSPS) is 16.8. The SMILES string of the molecule is Cc1cc2c(cc1S(=O)(=O)NCc1ccc3c(c1)OCO3)OCC(=O)N2Cc1noc(C2CC2)n1. The Balaban J connectivity index is 1.23. The first-order valence-corrected chi connectivity index (χ1v) is 12.6. The predicted molar refractivity (Wildman–Crippen MR) is 121 cm³/mol. The van der Waals surface area contributed by atoms with E-state index in [1.807, 2.05) is 0 Å².